The second-order valence-electron chi connectivity index (χ2n) is 4.75. The molecule has 2 N–H and O–H groups in total. The highest BCUT2D eigenvalue weighted by molar-refractivity contribution is 5.74. The third-order valence-corrected chi connectivity index (χ3v) is 3.29. The van der Waals surface area contributed by atoms with Crippen molar-refractivity contribution in [3.63, 3.8) is 0 Å². The van der Waals surface area contributed by atoms with Gasteiger partial charge >= 0.3 is 6.03 Å². The number of ether oxygens (including phenoxy) is 1. The number of amides is 2. The largest absolute Gasteiger partial charge is 0.497 e. The maximum absolute atomic E-state index is 11.9. The van der Waals surface area contributed by atoms with Crippen LogP contribution < -0.4 is 10.1 Å². The maximum atomic E-state index is 11.9. The van der Waals surface area contributed by atoms with Gasteiger partial charge in [0.25, 0.3) is 0 Å². The number of likely N-dealkylation sites (tertiary alicyclic amines) is 1. The summed E-state index contributed by atoms with van der Waals surface area (Å²) in [6.07, 6.45) is 1.25. The van der Waals surface area contributed by atoms with E-state index in [-0.39, 0.29) is 12.1 Å². The number of nitrogens with zero attached hydrogens (tertiary/aromatic N) is 1. The lowest BCUT2D eigenvalue weighted by Gasteiger charge is -2.30. The molecule has 19 heavy (non-hydrogen) atoms. The number of hydrogen-bond donors (Lipinski definition) is 2. The van der Waals surface area contributed by atoms with E-state index in [1.807, 2.05) is 24.3 Å². The van der Waals surface area contributed by atoms with Gasteiger partial charge in [0.15, 0.2) is 0 Å². The van der Waals surface area contributed by atoms with Crippen LogP contribution in [0.5, 0.6) is 5.75 Å². The zero-order chi connectivity index (χ0) is 13.7. The summed E-state index contributed by atoms with van der Waals surface area (Å²) in [6, 6.07) is 7.46. The smallest absolute Gasteiger partial charge is 0.317 e. The molecule has 1 aliphatic heterocycles. The van der Waals surface area contributed by atoms with Gasteiger partial charge in [-0.3, -0.25) is 0 Å². The Morgan fingerprint density at radius 1 is 1.47 bits per heavy atom. The molecular formula is C14H20N2O3. The van der Waals surface area contributed by atoms with Crippen LogP contribution in [-0.4, -0.2) is 42.3 Å². The summed E-state index contributed by atoms with van der Waals surface area (Å²) in [4.78, 5) is 13.6. The van der Waals surface area contributed by atoms with Gasteiger partial charge in [-0.2, -0.15) is 0 Å². The number of hydrogen-bond acceptors (Lipinski definition) is 3. The molecule has 1 fully saturated rings. The Kier molecular flexibility index (Phi) is 4.63. The highest BCUT2D eigenvalue weighted by Gasteiger charge is 2.21. The molecular weight excluding hydrogens is 244 g/mol. The van der Waals surface area contributed by atoms with Gasteiger partial charge in [-0.05, 0) is 30.5 Å². The zero-order valence-corrected chi connectivity index (χ0v) is 11.1. The Bertz CT molecular complexity index is 419. The number of nitrogens with one attached hydrogen (secondary N) is 1. The van der Waals surface area contributed by atoms with E-state index in [0.717, 1.165) is 24.2 Å². The molecule has 0 aliphatic carbocycles. The number of aliphatic hydroxyl groups is 1. The minimum atomic E-state index is -0.388. The number of methoxy groups -OCH3 is 1. The SMILES string of the molecule is COc1ccc(CNC(=O)N2CCC[C@@H](O)C2)cc1. The van der Waals surface area contributed by atoms with E-state index in [2.05, 4.69) is 5.32 Å². The van der Waals surface area contributed by atoms with Crippen LogP contribution in [0.3, 0.4) is 0 Å². The van der Waals surface area contributed by atoms with Gasteiger partial charge in [-0.1, -0.05) is 12.1 Å². The van der Waals surface area contributed by atoms with Gasteiger partial charge in [-0.15, -0.1) is 0 Å². The summed E-state index contributed by atoms with van der Waals surface area (Å²) in [5.74, 6) is 0.800. The second-order valence-corrected chi connectivity index (χ2v) is 4.75. The average Bonchev–Trinajstić information content (AvgIpc) is 2.45. The quantitative estimate of drug-likeness (QED) is 0.866. The molecule has 0 saturated carbocycles. The fourth-order valence-corrected chi connectivity index (χ4v) is 2.17. The van der Waals surface area contributed by atoms with Crippen LogP contribution in [0.2, 0.25) is 0 Å². The van der Waals surface area contributed by atoms with Crippen molar-refractivity contribution in [3.8, 4) is 5.75 Å². The zero-order valence-electron chi connectivity index (χ0n) is 11.1. The molecule has 0 aromatic heterocycles. The highest BCUT2D eigenvalue weighted by Crippen LogP contribution is 2.12. The predicted molar refractivity (Wildman–Crippen MR) is 72.0 cm³/mol. The first kappa shape index (κ1) is 13.7. The average molecular weight is 264 g/mol. The molecule has 104 valence electrons. The number of carbonyl (C=O) groups excluding carboxylic acids is 1. The van der Waals surface area contributed by atoms with Crippen molar-refractivity contribution in [1.29, 1.82) is 0 Å². The Hall–Kier alpha value is -1.75. The summed E-state index contributed by atoms with van der Waals surface area (Å²) in [6.45, 7) is 1.62. The normalized spacial score (nSPS) is 19.1. The molecule has 1 aliphatic rings. The first-order valence-corrected chi connectivity index (χ1v) is 6.53. The number of urea groups is 1. The Morgan fingerprint density at radius 3 is 2.84 bits per heavy atom. The standard InChI is InChI=1S/C14H20N2O3/c1-19-13-6-4-11(5-7-13)9-15-14(18)16-8-2-3-12(17)10-16/h4-7,12,17H,2-3,8-10H2,1H3,(H,15,18)/t12-/m1/s1. The van der Waals surface area contributed by atoms with Crippen LogP contribution >= 0.6 is 0 Å². The van der Waals surface area contributed by atoms with E-state index < -0.39 is 0 Å². The lowest BCUT2D eigenvalue weighted by Crippen LogP contribution is -2.46. The number of benzene rings is 1. The van der Waals surface area contributed by atoms with E-state index in [1.54, 1.807) is 12.0 Å². The van der Waals surface area contributed by atoms with Gasteiger partial charge in [0.1, 0.15) is 5.75 Å². The molecule has 1 aromatic carbocycles. The summed E-state index contributed by atoms with van der Waals surface area (Å²) < 4.78 is 5.08. The summed E-state index contributed by atoms with van der Waals surface area (Å²) in [5.41, 5.74) is 1.02. The monoisotopic (exact) mass is 264 g/mol. The van der Waals surface area contributed by atoms with Crippen LogP contribution in [-0.2, 0) is 6.54 Å². The minimum Gasteiger partial charge on any atom is -0.497 e. The lowest BCUT2D eigenvalue weighted by molar-refractivity contribution is 0.0842. The van der Waals surface area contributed by atoms with E-state index in [4.69, 9.17) is 4.74 Å². The highest BCUT2D eigenvalue weighted by atomic mass is 16.5. The first-order chi connectivity index (χ1) is 9.19. The Balaban J connectivity index is 1.82. The van der Waals surface area contributed by atoms with Crippen molar-refractivity contribution in [2.75, 3.05) is 20.2 Å². The van der Waals surface area contributed by atoms with Crippen molar-refractivity contribution >= 4 is 6.03 Å². The van der Waals surface area contributed by atoms with Crippen LogP contribution in [0.1, 0.15) is 18.4 Å². The molecule has 2 amide bonds. The van der Waals surface area contributed by atoms with Crippen molar-refractivity contribution in [2.24, 2.45) is 0 Å². The molecule has 1 saturated heterocycles. The number of rotatable bonds is 3. The summed E-state index contributed by atoms with van der Waals surface area (Å²) in [5, 5.41) is 12.4. The minimum absolute atomic E-state index is 0.116. The van der Waals surface area contributed by atoms with E-state index in [9.17, 15) is 9.90 Å². The molecule has 1 heterocycles. The number of carbonyl (C=O) groups is 1. The number of aliphatic hydroxyl groups excluding tert-OH is 1. The van der Waals surface area contributed by atoms with Crippen LogP contribution in [0.25, 0.3) is 0 Å². The predicted octanol–water partition coefficient (Wildman–Crippen LogP) is 1.36. The summed E-state index contributed by atoms with van der Waals surface area (Å²) in [7, 11) is 1.62. The van der Waals surface area contributed by atoms with Crippen molar-refractivity contribution in [1.82, 2.24) is 10.2 Å². The van der Waals surface area contributed by atoms with Crippen LogP contribution in [0, 0.1) is 0 Å². The van der Waals surface area contributed by atoms with Gasteiger partial charge in [0.2, 0.25) is 0 Å². The van der Waals surface area contributed by atoms with E-state index in [0.29, 0.717) is 19.6 Å². The molecule has 0 radical (unpaired) electrons. The first-order valence-electron chi connectivity index (χ1n) is 6.53. The summed E-state index contributed by atoms with van der Waals surface area (Å²) >= 11 is 0. The van der Waals surface area contributed by atoms with E-state index >= 15 is 0 Å². The molecule has 0 spiro atoms. The molecule has 5 heteroatoms. The lowest BCUT2D eigenvalue weighted by atomic mass is 10.1. The van der Waals surface area contributed by atoms with Gasteiger partial charge in [0.05, 0.1) is 13.2 Å². The van der Waals surface area contributed by atoms with Crippen LogP contribution in [0.4, 0.5) is 4.79 Å². The van der Waals surface area contributed by atoms with Crippen molar-refractivity contribution < 1.29 is 14.6 Å². The third kappa shape index (κ3) is 3.86. The third-order valence-electron chi connectivity index (χ3n) is 3.29. The molecule has 0 unspecified atom stereocenters. The topological polar surface area (TPSA) is 61.8 Å². The van der Waals surface area contributed by atoms with Crippen molar-refractivity contribution in [2.45, 2.75) is 25.5 Å². The number of β-amino-alcohol motifs (C(OH)–C–C–N with tert-alkyl or cyclic N) is 1. The van der Waals surface area contributed by atoms with E-state index in [1.165, 1.54) is 0 Å². The fourth-order valence-electron chi connectivity index (χ4n) is 2.17. The Labute approximate surface area is 113 Å². The molecule has 2 rings (SSSR count). The molecule has 5 nitrogen and oxygen atoms in total. The molecule has 1 atom stereocenters. The van der Waals surface area contributed by atoms with Gasteiger partial charge in [0, 0.05) is 19.6 Å². The van der Waals surface area contributed by atoms with Gasteiger partial charge in [-0.25, -0.2) is 4.79 Å². The fraction of sp³-hybridized carbons (Fsp3) is 0.500. The Morgan fingerprint density at radius 2 is 2.21 bits per heavy atom. The maximum Gasteiger partial charge on any atom is 0.317 e. The van der Waals surface area contributed by atoms with Crippen LogP contribution in [0.15, 0.2) is 24.3 Å². The number of piperidine rings is 1. The molecule has 0 bridgehead atoms. The molecule has 1 aromatic rings. The second kappa shape index (κ2) is 6.43. The van der Waals surface area contributed by atoms with Gasteiger partial charge < -0.3 is 20.1 Å². The van der Waals surface area contributed by atoms with Crippen molar-refractivity contribution in [3.05, 3.63) is 29.8 Å².